The molecule has 1 atom stereocenters. The molecule has 8 nitrogen and oxygen atoms in total. The Morgan fingerprint density at radius 2 is 1.46 bits per heavy atom. The van der Waals surface area contributed by atoms with E-state index in [2.05, 4.69) is 44.6 Å². The largest absolute Gasteiger partial charge is 0.463 e. The highest BCUT2D eigenvalue weighted by molar-refractivity contribution is 6.87. The minimum absolute atomic E-state index is 0.0269. The topological polar surface area (TPSA) is 120 Å². The minimum atomic E-state index is -2.25. The molecule has 0 fully saturated rings. The van der Waals surface area contributed by atoms with Gasteiger partial charge in [0.1, 0.15) is 6.61 Å². The number of carbonyl (C=O) groups excluding carboxylic acids is 2. The third kappa shape index (κ3) is 13.5. The van der Waals surface area contributed by atoms with E-state index in [9.17, 15) is 9.59 Å². The van der Waals surface area contributed by atoms with Crippen LogP contribution in [-0.2, 0) is 22.6 Å². The van der Waals surface area contributed by atoms with Gasteiger partial charge in [-0.15, -0.1) is 0 Å². The van der Waals surface area contributed by atoms with Gasteiger partial charge in [-0.05, 0) is 90.5 Å². The maximum absolute atomic E-state index is 13.0. The summed E-state index contributed by atoms with van der Waals surface area (Å²) in [6.07, 6.45) is 2.75. The van der Waals surface area contributed by atoms with Gasteiger partial charge >= 0.3 is 14.5 Å². The van der Waals surface area contributed by atoms with Gasteiger partial charge in [-0.3, -0.25) is 9.59 Å². The van der Waals surface area contributed by atoms with Gasteiger partial charge < -0.3 is 29.1 Å². The zero-order chi connectivity index (χ0) is 27.6. The van der Waals surface area contributed by atoms with Crippen LogP contribution in [0.4, 0.5) is 0 Å². The number of nitrogens with one attached hydrogen (secondary N) is 1. The molecule has 0 rings (SSSR count). The number of hydrogen-bond donors (Lipinski definition) is 3. The summed E-state index contributed by atoms with van der Waals surface area (Å²) in [6.45, 7) is 21.7. The third-order valence-electron chi connectivity index (χ3n) is 6.31. The van der Waals surface area contributed by atoms with Crippen LogP contribution in [0.3, 0.4) is 0 Å². The van der Waals surface area contributed by atoms with Crippen LogP contribution in [0.5, 0.6) is 0 Å². The average molecular weight is 551 g/mol. The Labute approximate surface area is 217 Å². The predicted octanol–water partition coefficient (Wildman–Crippen LogP) is 4.35. The fourth-order valence-corrected chi connectivity index (χ4v) is 18.7. The second-order valence-corrected chi connectivity index (χ2v) is 24.7. The maximum atomic E-state index is 13.0. The molecular formula is C24H54N2O6Si3. The average Bonchev–Trinajstić information content (AvgIpc) is 2.71. The normalized spacial score (nSPS) is 15.0. The summed E-state index contributed by atoms with van der Waals surface area (Å²) in [7, 11) is -6.01. The summed E-state index contributed by atoms with van der Waals surface area (Å²) in [6, 6.07) is 1.97. The Kier molecular flexibility index (Phi) is 14.2. The standard InChI is InChI=1S/C24H54N2O6Si3/c1-11-24(4,22(29)30-17-16-27)20-23(2,3)21(28)26-15-13-19-34(7,8)32-35(9,10)31-33(5,6)18-12-14-25/h27H,11-20,25H2,1-10H3,(H,26,28). The van der Waals surface area contributed by atoms with Crippen molar-refractivity contribution in [1.29, 1.82) is 0 Å². The number of esters is 1. The first-order valence-corrected chi connectivity index (χ1v) is 22.1. The van der Waals surface area contributed by atoms with E-state index >= 15 is 0 Å². The Bertz CT molecular complexity index is 674. The molecule has 0 saturated heterocycles. The van der Waals surface area contributed by atoms with Crippen LogP contribution in [0.15, 0.2) is 0 Å². The number of ether oxygens (including phenoxy) is 1. The zero-order valence-electron chi connectivity index (χ0n) is 24.1. The lowest BCUT2D eigenvalue weighted by Gasteiger charge is -2.39. The predicted molar refractivity (Wildman–Crippen MR) is 150 cm³/mol. The van der Waals surface area contributed by atoms with Crippen molar-refractivity contribution in [1.82, 2.24) is 5.32 Å². The summed E-state index contributed by atoms with van der Waals surface area (Å²) < 4.78 is 18.4. The lowest BCUT2D eigenvalue weighted by Crippen LogP contribution is -2.52. The molecule has 0 aromatic heterocycles. The van der Waals surface area contributed by atoms with Crippen molar-refractivity contribution in [3.63, 3.8) is 0 Å². The molecule has 208 valence electrons. The van der Waals surface area contributed by atoms with E-state index in [-0.39, 0.29) is 25.1 Å². The van der Waals surface area contributed by atoms with E-state index in [1.54, 1.807) is 0 Å². The first-order chi connectivity index (χ1) is 15.9. The second-order valence-electron chi connectivity index (χ2n) is 12.2. The fraction of sp³-hybridized carbons (Fsp3) is 0.917. The highest BCUT2D eigenvalue weighted by atomic mass is 28.5. The Balaban J connectivity index is 4.79. The molecule has 0 aromatic rings. The lowest BCUT2D eigenvalue weighted by molar-refractivity contribution is -0.159. The van der Waals surface area contributed by atoms with Crippen molar-refractivity contribution in [2.24, 2.45) is 16.6 Å². The number of aliphatic hydroxyl groups is 1. The van der Waals surface area contributed by atoms with Gasteiger partial charge in [0.05, 0.1) is 12.0 Å². The van der Waals surface area contributed by atoms with Crippen LogP contribution in [0.1, 0.15) is 53.4 Å². The van der Waals surface area contributed by atoms with Gasteiger partial charge in [0.2, 0.25) is 5.91 Å². The van der Waals surface area contributed by atoms with Gasteiger partial charge in [0, 0.05) is 12.0 Å². The van der Waals surface area contributed by atoms with Crippen molar-refractivity contribution < 1.29 is 27.7 Å². The Morgan fingerprint density at radius 3 is 1.91 bits per heavy atom. The number of nitrogens with two attached hydrogens (primary N) is 1. The molecule has 0 saturated carbocycles. The summed E-state index contributed by atoms with van der Waals surface area (Å²) in [5.74, 6) is -0.443. The molecule has 0 bridgehead atoms. The van der Waals surface area contributed by atoms with E-state index < -0.39 is 36.0 Å². The number of aliphatic hydroxyl groups excluding tert-OH is 1. The Hall–Kier alpha value is -0.569. The van der Waals surface area contributed by atoms with Crippen molar-refractivity contribution in [2.45, 2.75) is 105 Å². The smallest absolute Gasteiger partial charge is 0.311 e. The fourth-order valence-electron chi connectivity index (χ4n) is 4.65. The highest BCUT2D eigenvalue weighted by Crippen LogP contribution is 2.38. The molecular weight excluding hydrogens is 497 g/mol. The first-order valence-electron chi connectivity index (χ1n) is 13.0. The van der Waals surface area contributed by atoms with Crippen LogP contribution in [0.2, 0.25) is 51.4 Å². The van der Waals surface area contributed by atoms with Crippen molar-refractivity contribution in [3.8, 4) is 0 Å². The van der Waals surface area contributed by atoms with Gasteiger partial charge in [0.15, 0.2) is 16.6 Å². The number of carbonyl (C=O) groups is 2. The number of amides is 1. The van der Waals surface area contributed by atoms with Crippen molar-refractivity contribution in [3.05, 3.63) is 0 Å². The van der Waals surface area contributed by atoms with Crippen LogP contribution in [0, 0.1) is 10.8 Å². The SMILES string of the molecule is CCC(C)(CC(C)(C)C(=O)NCCC[Si](C)(C)O[Si](C)(C)O[Si](C)(C)CCCN)C(=O)OCCO. The van der Waals surface area contributed by atoms with E-state index in [1.165, 1.54) is 0 Å². The monoisotopic (exact) mass is 550 g/mol. The number of hydrogen-bond acceptors (Lipinski definition) is 7. The zero-order valence-corrected chi connectivity index (χ0v) is 27.1. The van der Waals surface area contributed by atoms with Gasteiger partial charge in [-0.2, -0.15) is 0 Å². The molecule has 35 heavy (non-hydrogen) atoms. The molecule has 4 N–H and O–H groups in total. The maximum Gasteiger partial charge on any atom is 0.311 e. The molecule has 1 unspecified atom stereocenters. The summed E-state index contributed by atoms with van der Waals surface area (Å²) in [5, 5.41) is 12.0. The molecule has 0 aromatic carbocycles. The molecule has 0 heterocycles. The van der Waals surface area contributed by atoms with E-state index in [4.69, 9.17) is 23.8 Å². The quantitative estimate of drug-likeness (QED) is 0.132. The minimum Gasteiger partial charge on any atom is -0.463 e. The van der Waals surface area contributed by atoms with E-state index in [0.29, 0.717) is 25.9 Å². The van der Waals surface area contributed by atoms with Gasteiger partial charge in [0.25, 0.3) is 0 Å². The Morgan fingerprint density at radius 1 is 0.943 bits per heavy atom. The van der Waals surface area contributed by atoms with Crippen LogP contribution in [0.25, 0.3) is 0 Å². The number of rotatable bonds is 18. The van der Waals surface area contributed by atoms with Crippen LogP contribution in [-0.4, -0.2) is 68.5 Å². The molecule has 0 spiro atoms. The highest BCUT2D eigenvalue weighted by Gasteiger charge is 2.42. The molecule has 0 aliphatic rings. The molecule has 0 aliphatic carbocycles. The molecule has 11 heteroatoms. The molecule has 0 aliphatic heterocycles. The lowest BCUT2D eigenvalue weighted by atomic mass is 9.72. The summed E-state index contributed by atoms with van der Waals surface area (Å²) in [4.78, 5) is 25.4. The first kappa shape index (κ1) is 34.4. The van der Waals surface area contributed by atoms with Crippen molar-refractivity contribution in [2.75, 3.05) is 26.3 Å². The summed E-state index contributed by atoms with van der Waals surface area (Å²) >= 11 is 0. The van der Waals surface area contributed by atoms with Crippen LogP contribution >= 0.6 is 0 Å². The van der Waals surface area contributed by atoms with Crippen LogP contribution < -0.4 is 11.1 Å². The van der Waals surface area contributed by atoms with Gasteiger partial charge in [-0.1, -0.05) is 20.8 Å². The van der Waals surface area contributed by atoms with E-state index in [0.717, 1.165) is 24.9 Å². The molecule has 0 radical (unpaired) electrons. The summed E-state index contributed by atoms with van der Waals surface area (Å²) in [5.41, 5.74) is 4.17. The molecule has 1 amide bonds. The third-order valence-corrected chi connectivity index (χ3v) is 17.8. The van der Waals surface area contributed by atoms with E-state index in [1.807, 2.05) is 27.7 Å². The van der Waals surface area contributed by atoms with Gasteiger partial charge in [-0.25, -0.2) is 0 Å². The second kappa shape index (κ2) is 14.4. The van der Waals surface area contributed by atoms with Crippen molar-refractivity contribution >= 4 is 37.1 Å².